The first-order valence-corrected chi connectivity index (χ1v) is 3.27. The van der Waals surface area contributed by atoms with E-state index in [1.165, 1.54) is 6.92 Å². The standard InChI is InChI=1S/C6H10N2O4/c1-4(6(11)12)8-5(10)2-7-3-9/h3-4H,2H2,1H3,(H,7,9)(H,8,10)(H,11,12)/t4-/m0/s1. The Bertz CT molecular complexity index is 192. The van der Waals surface area contributed by atoms with Crippen LogP contribution in [0.2, 0.25) is 0 Å². The van der Waals surface area contributed by atoms with E-state index in [9.17, 15) is 14.4 Å². The highest BCUT2D eigenvalue weighted by Crippen LogP contribution is 1.79. The summed E-state index contributed by atoms with van der Waals surface area (Å²) in [5.41, 5.74) is 0. The average Bonchev–Trinajstić information content (AvgIpc) is 2.00. The minimum absolute atomic E-state index is 0.207. The molecule has 0 fully saturated rings. The molecule has 0 radical (unpaired) electrons. The molecule has 0 heterocycles. The Morgan fingerprint density at radius 1 is 1.58 bits per heavy atom. The van der Waals surface area contributed by atoms with E-state index in [2.05, 4.69) is 10.6 Å². The fraction of sp³-hybridized carbons (Fsp3) is 0.500. The van der Waals surface area contributed by atoms with Gasteiger partial charge in [0.25, 0.3) is 0 Å². The van der Waals surface area contributed by atoms with E-state index < -0.39 is 17.9 Å². The van der Waals surface area contributed by atoms with Crippen LogP contribution in [0.15, 0.2) is 0 Å². The van der Waals surface area contributed by atoms with Crippen molar-refractivity contribution in [2.24, 2.45) is 0 Å². The molecule has 3 N–H and O–H groups in total. The third kappa shape index (κ3) is 4.26. The largest absolute Gasteiger partial charge is 0.480 e. The molecule has 6 heteroatoms. The summed E-state index contributed by atoms with van der Waals surface area (Å²) in [6, 6.07) is -0.939. The van der Waals surface area contributed by atoms with E-state index >= 15 is 0 Å². The van der Waals surface area contributed by atoms with Gasteiger partial charge in [0.2, 0.25) is 12.3 Å². The molecule has 0 spiro atoms. The molecule has 6 nitrogen and oxygen atoms in total. The Labute approximate surface area is 68.9 Å². The van der Waals surface area contributed by atoms with Crippen molar-refractivity contribution in [2.75, 3.05) is 6.54 Å². The van der Waals surface area contributed by atoms with Crippen LogP contribution in [0, 0.1) is 0 Å². The first-order valence-electron chi connectivity index (χ1n) is 3.27. The maximum atomic E-state index is 10.7. The first kappa shape index (κ1) is 10.4. The molecule has 68 valence electrons. The van der Waals surface area contributed by atoms with Gasteiger partial charge in [-0.3, -0.25) is 14.4 Å². The summed E-state index contributed by atoms with van der Waals surface area (Å²) in [5, 5.41) is 12.6. The molecule has 0 saturated heterocycles. The van der Waals surface area contributed by atoms with E-state index in [1.54, 1.807) is 0 Å². The van der Waals surface area contributed by atoms with Crippen molar-refractivity contribution in [3.05, 3.63) is 0 Å². The third-order valence-corrected chi connectivity index (χ3v) is 1.09. The van der Waals surface area contributed by atoms with Crippen molar-refractivity contribution in [1.29, 1.82) is 0 Å². The Balaban J connectivity index is 3.68. The van der Waals surface area contributed by atoms with Crippen molar-refractivity contribution in [3.8, 4) is 0 Å². The van der Waals surface area contributed by atoms with Gasteiger partial charge in [0.1, 0.15) is 6.04 Å². The molecule has 0 rings (SSSR count). The Kier molecular flexibility index (Phi) is 4.43. The smallest absolute Gasteiger partial charge is 0.325 e. The Morgan fingerprint density at radius 2 is 2.17 bits per heavy atom. The van der Waals surface area contributed by atoms with Gasteiger partial charge in [-0.1, -0.05) is 0 Å². The van der Waals surface area contributed by atoms with Gasteiger partial charge in [-0.25, -0.2) is 0 Å². The Morgan fingerprint density at radius 3 is 2.58 bits per heavy atom. The minimum atomic E-state index is -1.12. The Hall–Kier alpha value is -1.59. The second-order valence-electron chi connectivity index (χ2n) is 2.13. The quantitative estimate of drug-likeness (QED) is 0.434. The summed E-state index contributed by atoms with van der Waals surface area (Å²) in [4.78, 5) is 30.6. The van der Waals surface area contributed by atoms with E-state index in [0.717, 1.165) is 0 Å². The number of carboxylic acids is 1. The number of rotatable bonds is 5. The average molecular weight is 174 g/mol. The molecule has 2 amide bonds. The first-order chi connectivity index (χ1) is 5.57. The maximum Gasteiger partial charge on any atom is 0.325 e. The number of carbonyl (C=O) groups is 3. The molecule has 0 saturated carbocycles. The molecule has 0 bridgehead atoms. The molecule has 0 aliphatic rings. The highest BCUT2D eigenvalue weighted by molar-refractivity contribution is 5.85. The molecular weight excluding hydrogens is 164 g/mol. The highest BCUT2D eigenvalue weighted by Gasteiger charge is 2.12. The summed E-state index contributed by atoms with van der Waals surface area (Å²) < 4.78 is 0. The van der Waals surface area contributed by atoms with Crippen LogP contribution in [0.4, 0.5) is 0 Å². The third-order valence-electron chi connectivity index (χ3n) is 1.09. The zero-order chi connectivity index (χ0) is 9.56. The second-order valence-corrected chi connectivity index (χ2v) is 2.13. The zero-order valence-electron chi connectivity index (χ0n) is 6.53. The van der Waals surface area contributed by atoms with Gasteiger partial charge in [0, 0.05) is 0 Å². The SMILES string of the molecule is C[C@H](NC(=O)CNC=O)C(=O)O. The van der Waals surface area contributed by atoms with Crippen LogP contribution in [-0.2, 0) is 14.4 Å². The van der Waals surface area contributed by atoms with Crippen LogP contribution in [0.3, 0.4) is 0 Å². The van der Waals surface area contributed by atoms with Gasteiger partial charge in [-0.05, 0) is 6.92 Å². The minimum Gasteiger partial charge on any atom is -0.480 e. The fourth-order valence-electron chi connectivity index (χ4n) is 0.489. The lowest BCUT2D eigenvalue weighted by atomic mass is 10.3. The molecular formula is C6H10N2O4. The van der Waals surface area contributed by atoms with Gasteiger partial charge in [-0.2, -0.15) is 0 Å². The predicted molar refractivity (Wildman–Crippen MR) is 39.3 cm³/mol. The van der Waals surface area contributed by atoms with Crippen molar-refractivity contribution in [3.63, 3.8) is 0 Å². The molecule has 0 unspecified atom stereocenters. The van der Waals surface area contributed by atoms with E-state index in [4.69, 9.17) is 5.11 Å². The lowest BCUT2D eigenvalue weighted by Gasteiger charge is -2.07. The summed E-state index contributed by atoms with van der Waals surface area (Å²) in [6.07, 6.45) is 0.366. The van der Waals surface area contributed by atoms with E-state index in [-0.39, 0.29) is 6.54 Å². The number of hydrogen-bond donors (Lipinski definition) is 3. The van der Waals surface area contributed by atoms with Crippen LogP contribution in [0.1, 0.15) is 6.92 Å². The second kappa shape index (κ2) is 5.11. The molecule has 0 aromatic rings. The van der Waals surface area contributed by atoms with E-state index in [1.807, 2.05) is 0 Å². The number of carbonyl (C=O) groups excluding carboxylic acids is 2. The lowest BCUT2D eigenvalue weighted by molar-refractivity contribution is -0.141. The predicted octanol–water partition coefficient (Wildman–Crippen LogP) is -1.68. The van der Waals surface area contributed by atoms with Crippen molar-refractivity contribution < 1.29 is 19.5 Å². The van der Waals surface area contributed by atoms with Gasteiger partial charge in [-0.15, -0.1) is 0 Å². The molecule has 0 aromatic heterocycles. The van der Waals surface area contributed by atoms with Crippen molar-refractivity contribution in [2.45, 2.75) is 13.0 Å². The molecule has 1 atom stereocenters. The summed E-state index contributed by atoms with van der Waals surface area (Å²) >= 11 is 0. The molecule has 0 aliphatic heterocycles. The normalized spacial score (nSPS) is 11.4. The van der Waals surface area contributed by atoms with Gasteiger partial charge in [0.15, 0.2) is 0 Å². The summed E-state index contributed by atoms with van der Waals surface area (Å²) in [7, 11) is 0. The van der Waals surface area contributed by atoms with Crippen LogP contribution >= 0.6 is 0 Å². The molecule has 0 aliphatic carbocycles. The van der Waals surface area contributed by atoms with Crippen LogP contribution in [0.5, 0.6) is 0 Å². The van der Waals surface area contributed by atoms with Crippen LogP contribution in [-0.4, -0.2) is 36.0 Å². The number of hydrogen-bond acceptors (Lipinski definition) is 3. The molecule has 0 aromatic carbocycles. The monoisotopic (exact) mass is 174 g/mol. The topological polar surface area (TPSA) is 95.5 Å². The maximum absolute atomic E-state index is 10.7. The number of nitrogens with one attached hydrogen (secondary N) is 2. The fourth-order valence-corrected chi connectivity index (χ4v) is 0.489. The summed E-state index contributed by atoms with van der Waals surface area (Å²) in [6.45, 7) is 1.13. The summed E-state index contributed by atoms with van der Waals surface area (Å²) in [5.74, 6) is -1.65. The number of aliphatic carboxylic acids is 1. The van der Waals surface area contributed by atoms with Crippen LogP contribution < -0.4 is 10.6 Å². The lowest BCUT2D eigenvalue weighted by Crippen LogP contribution is -2.42. The van der Waals surface area contributed by atoms with Gasteiger partial charge >= 0.3 is 5.97 Å². The van der Waals surface area contributed by atoms with Crippen molar-refractivity contribution >= 4 is 18.3 Å². The van der Waals surface area contributed by atoms with E-state index in [0.29, 0.717) is 6.41 Å². The van der Waals surface area contributed by atoms with Crippen molar-refractivity contribution in [1.82, 2.24) is 10.6 Å². The molecule has 12 heavy (non-hydrogen) atoms. The van der Waals surface area contributed by atoms with Gasteiger partial charge in [0.05, 0.1) is 6.54 Å². The zero-order valence-corrected chi connectivity index (χ0v) is 6.53. The highest BCUT2D eigenvalue weighted by atomic mass is 16.4. The van der Waals surface area contributed by atoms with Gasteiger partial charge < -0.3 is 15.7 Å². The number of amides is 2. The van der Waals surface area contributed by atoms with Crippen LogP contribution in [0.25, 0.3) is 0 Å². The number of carboxylic acid groups (broad SMARTS) is 1.